The molecule has 0 aliphatic carbocycles. The second kappa shape index (κ2) is 9.48. The highest BCUT2D eigenvalue weighted by Crippen LogP contribution is 2.28. The molecule has 0 fully saturated rings. The first kappa shape index (κ1) is 20.7. The van der Waals surface area contributed by atoms with E-state index in [2.05, 4.69) is 0 Å². The second-order valence-corrected chi connectivity index (χ2v) is 7.02. The number of hydrogen-bond donors (Lipinski definition) is 0. The van der Waals surface area contributed by atoms with Gasteiger partial charge in [-0.2, -0.15) is 0 Å². The van der Waals surface area contributed by atoms with Gasteiger partial charge in [0.15, 0.2) is 6.61 Å². The normalized spacial score (nSPS) is 11.0. The van der Waals surface area contributed by atoms with Gasteiger partial charge in [-0.25, -0.2) is 4.79 Å². The molecule has 0 aliphatic rings. The fraction of sp³-hybridized carbons (Fsp3) is 0.208. The number of aryl methyl sites for hydroxylation is 2. The number of carbonyl (C=O) groups is 1. The highest BCUT2D eigenvalue weighted by Gasteiger charge is 2.08. The third-order valence-electron chi connectivity index (χ3n) is 4.39. The Hall–Kier alpha value is -2.98. The van der Waals surface area contributed by atoms with Crippen LogP contribution < -0.4 is 4.74 Å². The summed E-state index contributed by atoms with van der Waals surface area (Å²) >= 11 is 5.95. The molecule has 3 rings (SSSR count). The van der Waals surface area contributed by atoms with Crippen molar-refractivity contribution in [3.05, 3.63) is 76.0 Å². The first-order chi connectivity index (χ1) is 14.0. The summed E-state index contributed by atoms with van der Waals surface area (Å²) in [4.78, 5) is 11.4. The number of benzene rings is 2. The van der Waals surface area contributed by atoms with Crippen molar-refractivity contribution in [1.82, 2.24) is 0 Å². The Kier molecular flexibility index (Phi) is 6.78. The van der Waals surface area contributed by atoms with Crippen LogP contribution in [-0.2, 0) is 9.53 Å². The summed E-state index contributed by atoms with van der Waals surface area (Å²) in [5.41, 5.74) is 3.97. The Morgan fingerprint density at radius 3 is 2.52 bits per heavy atom. The molecular formula is C24H23ClO4. The minimum absolute atomic E-state index is 0.0917. The average molecular weight is 411 g/mol. The van der Waals surface area contributed by atoms with E-state index in [-0.39, 0.29) is 12.6 Å². The van der Waals surface area contributed by atoms with Gasteiger partial charge < -0.3 is 13.9 Å². The van der Waals surface area contributed by atoms with Gasteiger partial charge in [-0.1, -0.05) is 29.8 Å². The standard InChI is InChI=1S/C24H23ClO4/c1-4-27-24(26)15-28-22-12-6-18(13-16(22)2)5-7-20-14-23(29-17(20)3)19-8-10-21(25)11-9-19/h5-14H,4,15H2,1-3H3. The zero-order valence-corrected chi connectivity index (χ0v) is 17.5. The van der Waals surface area contributed by atoms with Gasteiger partial charge in [0.25, 0.3) is 0 Å². The molecule has 0 bridgehead atoms. The van der Waals surface area contributed by atoms with Gasteiger partial charge in [-0.15, -0.1) is 0 Å². The summed E-state index contributed by atoms with van der Waals surface area (Å²) in [6.45, 7) is 5.91. The van der Waals surface area contributed by atoms with Gasteiger partial charge in [-0.3, -0.25) is 0 Å². The fourth-order valence-electron chi connectivity index (χ4n) is 2.88. The molecule has 0 spiro atoms. The summed E-state index contributed by atoms with van der Waals surface area (Å²) in [6.07, 6.45) is 4.04. The summed E-state index contributed by atoms with van der Waals surface area (Å²) in [7, 11) is 0. The van der Waals surface area contributed by atoms with Crippen LogP contribution in [0.1, 0.15) is 29.4 Å². The SMILES string of the molecule is CCOC(=O)COc1ccc(C=Cc2cc(-c3ccc(Cl)cc3)oc2C)cc1C. The Bertz CT molecular complexity index is 1020. The maximum atomic E-state index is 11.4. The Balaban J connectivity index is 1.70. The van der Waals surface area contributed by atoms with Gasteiger partial charge >= 0.3 is 5.97 Å². The van der Waals surface area contributed by atoms with Gasteiger partial charge in [0.05, 0.1) is 6.61 Å². The lowest BCUT2D eigenvalue weighted by Crippen LogP contribution is -2.14. The molecule has 2 aromatic carbocycles. The Morgan fingerprint density at radius 2 is 1.83 bits per heavy atom. The minimum Gasteiger partial charge on any atom is -0.482 e. The van der Waals surface area contributed by atoms with Crippen molar-refractivity contribution >= 4 is 29.7 Å². The van der Waals surface area contributed by atoms with Crippen molar-refractivity contribution in [2.24, 2.45) is 0 Å². The number of esters is 1. The zero-order valence-electron chi connectivity index (χ0n) is 16.7. The van der Waals surface area contributed by atoms with Crippen molar-refractivity contribution in [3.63, 3.8) is 0 Å². The summed E-state index contributed by atoms with van der Waals surface area (Å²) in [6, 6.07) is 15.4. The van der Waals surface area contributed by atoms with E-state index in [9.17, 15) is 4.79 Å². The van der Waals surface area contributed by atoms with Crippen LogP contribution >= 0.6 is 11.6 Å². The van der Waals surface area contributed by atoms with E-state index < -0.39 is 0 Å². The fourth-order valence-corrected chi connectivity index (χ4v) is 3.01. The third kappa shape index (κ3) is 5.52. The van der Waals surface area contributed by atoms with Crippen LogP contribution in [0.4, 0.5) is 0 Å². The van der Waals surface area contributed by atoms with Gasteiger partial charge in [0, 0.05) is 16.1 Å². The van der Waals surface area contributed by atoms with Crippen LogP contribution in [0.5, 0.6) is 5.75 Å². The highest BCUT2D eigenvalue weighted by molar-refractivity contribution is 6.30. The lowest BCUT2D eigenvalue weighted by atomic mass is 10.1. The molecule has 4 nitrogen and oxygen atoms in total. The molecule has 0 unspecified atom stereocenters. The van der Waals surface area contributed by atoms with Gasteiger partial charge in [0.1, 0.15) is 17.3 Å². The minimum atomic E-state index is -0.372. The molecule has 0 amide bonds. The molecule has 0 radical (unpaired) electrons. The van der Waals surface area contributed by atoms with Gasteiger partial charge in [0.2, 0.25) is 0 Å². The van der Waals surface area contributed by atoms with E-state index in [0.717, 1.165) is 33.8 Å². The summed E-state index contributed by atoms with van der Waals surface area (Å²) < 4.78 is 16.3. The number of carbonyl (C=O) groups excluding carboxylic acids is 1. The maximum Gasteiger partial charge on any atom is 0.344 e. The molecule has 0 atom stereocenters. The maximum absolute atomic E-state index is 11.4. The van der Waals surface area contributed by atoms with Crippen LogP contribution in [-0.4, -0.2) is 19.2 Å². The van der Waals surface area contributed by atoms with Crippen molar-refractivity contribution in [1.29, 1.82) is 0 Å². The second-order valence-electron chi connectivity index (χ2n) is 6.58. The van der Waals surface area contributed by atoms with Crippen molar-refractivity contribution in [3.8, 4) is 17.1 Å². The first-order valence-electron chi connectivity index (χ1n) is 9.40. The molecule has 3 aromatic rings. The Morgan fingerprint density at radius 1 is 1.07 bits per heavy atom. The number of halogens is 1. The number of ether oxygens (including phenoxy) is 2. The molecule has 1 heterocycles. The van der Waals surface area contributed by atoms with E-state index in [1.54, 1.807) is 6.92 Å². The van der Waals surface area contributed by atoms with E-state index in [0.29, 0.717) is 17.4 Å². The molecule has 0 saturated heterocycles. The van der Waals surface area contributed by atoms with E-state index in [1.807, 2.05) is 74.5 Å². The number of furan rings is 1. The topological polar surface area (TPSA) is 48.7 Å². The number of rotatable bonds is 7. The molecular weight excluding hydrogens is 388 g/mol. The zero-order chi connectivity index (χ0) is 20.8. The van der Waals surface area contributed by atoms with Crippen LogP contribution in [0.3, 0.4) is 0 Å². The van der Waals surface area contributed by atoms with Crippen LogP contribution in [0.2, 0.25) is 5.02 Å². The predicted octanol–water partition coefficient (Wildman–Crippen LogP) is 6.33. The molecule has 0 aliphatic heterocycles. The smallest absolute Gasteiger partial charge is 0.344 e. The molecule has 0 saturated carbocycles. The van der Waals surface area contributed by atoms with Crippen molar-refractivity contribution in [2.75, 3.05) is 13.2 Å². The molecule has 29 heavy (non-hydrogen) atoms. The van der Waals surface area contributed by atoms with E-state index in [1.165, 1.54) is 0 Å². The molecule has 1 aromatic heterocycles. The molecule has 5 heteroatoms. The molecule has 0 N–H and O–H groups in total. The molecule has 150 valence electrons. The van der Waals surface area contributed by atoms with E-state index in [4.69, 9.17) is 25.5 Å². The van der Waals surface area contributed by atoms with Crippen LogP contribution in [0.15, 0.2) is 52.9 Å². The lowest BCUT2D eigenvalue weighted by molar-refractivity contribution is -0.145. The lowest BCUT2D eigenvalue weighted by Gasteiger charge is -2.09. The van der Waals surface area contributed by atoms with Crippen LogP contribution in [0.25, 0.3) is 23.5 Å². The first-order valence-corrected chi connectivity index (χ1v) is 9.77. The number of hydrogen-bond acceptors (Lipinski definition) is 4. The summed E-state index contributed by atoms with van der Waals surface area (Å²) in [5.74, 6) is 1.94. The van der Waals surface area contributed by atoms with Gasteiger partial charge in [-0.05, 0) is 74.4 Å². The third-order valence-corrected chi connectivity index (χ3v) is 4.64. The monoisotopic (exact) mass is 410 g/mol. The largest absolute Gasteiger partial charge is 0.482 e. The summed E-state index contributed by atoms with van der Waals surface area (Å²) in [5, 5.41) is 0.696. The predicted molar refractivity (Wildman–Crippen MR) is 116 cm³/mol. The van der Waals surface area contributed by atoms with Crippen molar-refractivity contribution in [2.45, 2.75) is 20.8 Å². The quantitative estimate of drug-likeness (QED) is 0.427. The van der Waals surface area contributed by atoms with Crippen molar-refractivity contribution < 1.29 is 18.7 Å². The van der Waals surface area contributed by atoms with Crippen LogP contribution in [0, 0.1) is 13.8 Å². The Labute approximate surface area is 175 Å². The highest BCUT2D eigenvalue weighted by atomic mass is 35.5. The van der Waals surface area contributed by atoms with E-state index >= 15 is 0 Å². The average Bonchev–Trinajstić information content (AvgIpc) is 3.07.